The number of aromatic nitrogens is 3. The summed E-state index contributed by atoms with van der Waals surface area (Å²) in [7, 11) is 0. The van der Waals surface area contributed by atoms with Crippen molar-refractivity contribution in [3.05, 3.63) is 53.5 Å². The molecule has 1 fully saturated rings. The molecule has 0 aliphatic carbocycles. The lowest BCUT2D eigenvalue weighted by molar-refractivity contribution is 0.151. The number of rotatable bonds is 4. The summed E-state index contributed by atoms with van der Waals surface area (Å²) in [5.41, 5.74) is 4.76. The second-order valence-corrected chi connectivity index (χ2v) is 7.03. The summed E-state index contributed by atoms with van der Waals surface area (Å²) in [6.45, 7) is 3.56. The number of H-pyrrole nitrogens is 2. The third-order valence-corrected chi connectivity index (χ3v) is 5.33. The Kier molecular flexibility index (Phi) is 4.65. The van der Waals surface area contributed by atoms with Crippen molar-refractivity contribution >= 4 is 16.9 Å². The molecule has 2 aromatic heterocycles. The maximum absolute atomic E-state index is 12.7. The highest BCUT2D eigenvalue weighted by molar-refractivity contribution is 5.86. The van der Waals surface area contributed by atoms with Crippen LogP contribution >= 0.6 is 0 Å². The first-order valence-corrected chi connectivity index (χ1v) is 9.33. The van der Waals surface area contributed by atoms with Crippen LogP contribution in [0.1, 0.15) is 42.0 Å². The number of likely N-dealkylation sites (tertiary alicyclic amines) is 1. The number of carbonyl (C=O) groups excluding carboxylic acids is 1. The zero-order chi connectivity index (χ0) is 17.9. The molecule has 0 radical (unpaired) electrons. The average Bonchev–Trinajstić information content (AvgIpc) is 3.32. The summed E-state index contributed by atoms with van der Waals surface area (Å²) in [6.07, 6.45) is 9.79. The van der Waals surface area contributed by atoms with Crippen LogP contribution in [-0.2, 0) is 6.42 Å². The normalized spacial score (nSPS) is 17.6. The molecule has 2 amide bonds. The Morgan fingerprint density at radius 3 is 3.12 bits per heavy atom. The Hall–Kier alpha value is -2.76. The minimum absolute atomic E-state index is 0.0208. The van der Waals surface area contributed by atoms with Gasteiger partial charge in [0.1, 0.15) is 0 Å². The van der Waals surface area contributed by atoms with Crippen LogP contribution in [-0.4, -0.2) is 39.2 Å². The van der Waals surface area contributed by atoms with E-state index < -0.39 is 0 Å². The van der Waals surface area contributed by atoms with Gasteiger partial charge in [0.2, 0.25) is 0 Å². The van der Waals surface area contributed by atoms with E-state index in [4.69, 9.17) is 0 Å². The number of amides is 2. The van der Waals surface area contributed by atoms with Crippen LogP contribution in [0.5, 0.6) is 0 Å². The highest BCUT2D eigenvalue weighted by Gasteiger charge is 2.28. The largest absolute Gasteiger partial charge is 0.361 e. The molecule has 1 atom stereocenters. The van der Waals surface area contributed by atoms with Crippen molar-refractivity contribution in [2.24, 2.45) is 0 Å². The van der Waals surface area contributed by atoms with Gasteiger partial charge in [-0.2, -0.15) is 5.10 Å². The van der Waals surface area contributed by atoms with Crippen LogP contribution in [0, 0.1) is 6.92 Å². The topological polar surface area (TPSA) is 76.8 Å². The van der Waals surface area contributed by atoms with Gasteiger partial charge in [-0.05, 0) is 49.8 Å². The lowest BCUT2D eigenvalue weighted by Crippen LogP contribution is -2.45. The monoisotopic (exact) mass is 351 g/mol. The molecule has 1 saturated heterocycles. The van der Waals surface area contributed by atoms with Crippen molar-refractivity contribution in [1.29, 1.82) is 0 Å². The Balaban J connectivity index is 1.40. The summed E-state index contributed by atoms with van der Waals surface area (Å²) >= 11 is 0. The fourth-order valence-corrected chi connectivity index (χ4v) is 4.02. The number of nitrogens with zero attached hydrogens (tertiary/aromatic N) is 2. The van der Waals surface area contributed by atoms with Crippen LogP contribution in [0.4, 0.5) is 4.79 Å². The van der Waals surface area contributed by atoms with Gasteiger partial charge in [-0.3, -0.25) is 5.10 Å². The molecule has 26 heavy (non-hydrogen) atoms. The minimum Gasteiger partial charge on any atom is -0.361 e. The third-order valence-electron chi connectivity index (χ3n) is 5.33. The number of urea groups is 1. The number of fused-ring (bicyclic) bond motifs is 1. The minimum atomic E-state index is 0.0208. The van der Waals surface area contributed by atoms with Crippen molar-refractivity contribution in [1.82, 2.24) is 25.4 Å². The van der Waals surface area contributed by atoms with Gasteiger partial charge in [-0.25, -0.2) is 4.79 Å². The van der Waals surface area contributed by atoms with E-state index in [0.717, 1.165) is 43.3 Å². The zero-order valence-corrected chi connectivity index (χ0v) is 15.1. The number of piperidine rings is 1. The summed E-state index contributed by atoms with van der Waals surface area (Å²) in [5, 5.41) is 11.3. The van der Waals surface area contributed by atoms with E-state index in [-0.39, 0.29) is 12.1 Å². The number of hydrogen-bond donors (Lipinski definition) is 3. The molecule has 3 aromatic rings. The van der Waals surface area contributed by atoms with E-state index in [9.17, 15) is 4.79 Å². The molecule has 0 spiro atoms. The van der Waals surface area contributed by atoms with Gasteiger partial charge in [-0.1, -0.05) is 12.1 Å². The Bertz CT molecular complexity index is 883. The van der Waals surface area contributed by atoms with Crippen molar-refractivity contribution in [3.8, 4) is 0 Å². The molecular weight excluding hydrogens is 326 g/mol. The SMILES string of the molecule is Cc1cccc2[nH]cc(CCNC(=O)N3CCCCC3c3cn[nH]c3)c12. The van der Waals surface area contributed by atoms with Gasteiger partial charge in [0.15, 0.2) is 0 Å². The highest BCUT2D eigenvalue weighted by atomic mass is 16.2. The summed E-state index contributed by atoms with van der Waals surface area (Å²) in [5.74, 6) is 0. The predicted octanol–water partition coefficient (Wildman–Crippen LogP) is 3.68. The van der Waals surface area contributed by atoms with Crippen LogP contribution < -0.4 is 5.32 Å². The number of hydrogen-bond acceptors (Lipinski definition) is 2. The molecule has 6 heteroatoms. The lowest BCUT2D eigenvalue weighted by atomic mass is 9.98. The summed E-state index contributed by atoms with van der Waals surface area (Å²) < 4.78 is 0. The summed E-state index contributed by atoms with van der Waals surface area (Å²) in [6, 6.07) is 6.42. The Labute approximate surface area is 153 Å². The van der Waals surface area contributed by atoms with Crippen LogP contribution in [0.3, 0.4) is 0 Å². The number of aromatic amines is 2. The van der Waals surface area contributed by atoms with E-state index in [1.165, 1.54) is 16.5 Å². The van der Waals surface area contributed by atoms with E-state index in [0.29, 0.717) is 6.54 Å². The van der Waals surface area contributed by atoms with E-state index in [2.05, 4.69) is 51.8 Å². The number of carbonyl (C=O) groups is 1. The van der Waals surface area contributed by atoms with Gasteiger partial charge in [0, 0.05) is 41.9 Å². The molecular formula is C20H25N5O. The summed E-state index contributed by atoms with van der Waals surface area (Å²) in [4.78, 5) is 18.0. The van der Waals surface area contributed by atoms with Crippen LogP contribution in [0.2, 0.25) is 0 Å². The maximum Gasteiger partial charge on any atom is 0.317 e. The maximum atomic E-state index is 12.7. The second kappa shape index (κ2) is 7.23. The van der Waals surface area contributed by atoms with Gasteiger partial charge in [-0.15, -0.1) is 0 Å². The molecule has 1 aromatic carbocycles. The quantitative estimate of drug-likeness (QED) is 0.670. The molecule has 3 N–H and O–H groups in total. The first-order chi connectivity index (χ1) is 12.7. The van der Waals surface area contributed by atoms with Crippen LogP contribution in [0.15, 0.2) is 36.8 Å². The molecule has 136 valence electrons. The van der Waals surface area contributed by atoms with Crippen molar-refractivity contribution < 1.29 is 4.79 Å². The molecule has 1 aliphatic heterocycles. The molecule has 4 rings (SSSR count). The van der Waals surface area contributed by atoms with Gasteiger partial charge >= 0.3 is 6.03 Å². The second-order valence-electron chi connectivity index (χ2n) is 7.03. The van der Waals surface area contributed by atoms with Crippen LogP contribution in [0.25, 0.3) is 10.9 Å². The molecule has 0 saturated carbocycles. The molecule has 1 unspecified atom stereocenters. The standard InChI is InChI=1S/C20H25N5O/c1-14-5-4-6-17-19(14)15(11-22-17)8-9-21-20(26)25-10-3-2-7-18(25)16-12-23-24-13-16/h4-6,11-13,18,22H,2-3,7-10H2,1H3,(H,21,26)(H,23,24). The number of benzene rings is 1. The number of nitrogens with one attached hydrogen (secondary N) is 3. The smallest absolute Gasteiger partial charge is 0.317 e. The Morgan fingerprint density at radius 1 is 1.35 bits per heavy atom. The van der Waals surface area contributed by atoms with Gasteiger partial charge in [0.25, 0.3) is 0 Å². The van der Waals surface area contributed by atoms with Crippen molar-refractivity contribution in [2.45, 2.75) is 38.6 Å². The number of aryl methyl sites for hydroxylation is 1. The van der Waals surface area contributed by atoms with E-state index >= 15 is 0 Å². The molecule has 0 bridgehead atoms. The first-order valence-electron chi connectivity index (χ1n) is 9.33. The first kappa shape index (κ1) is 16.7. The third kappa shape index (κ3) is 3.19. The molecule has 6 nitrogen and oxygen atoms in total. The fraction of sp³-hybridized carbons (Fsp3) is 0.400. The van der Waals surface area contributed by atoms with E-state index in [1.807, 2.05) is 17.3 Å². The zero-order valence-electron chi connectivity index (χ0n) is 15.1. The highest BCUT2D eigenvalue weighted by Crippen LogP contribution is 2.30. The van der Waals surface area contributed by atoms with Gasteiger partial charge in [0.05, 0.1) is 12.2 Å². The van der Waals surface area contributed by atoms with Crippen molar-refractivity contribution in [2.75, 3.05) is 13.1 Å². The van der Waals surface area contributed by atoms with Crippen molar-refractivity contribution in [3.63, 3.8) is 0 Å². The molecule has 3 heterocycles. The van der Waals surface area contributed by atoms with E-state index in [1.54, 1.807) is 0 Å². The predicted molar refractivity (Wildman–Crippen MR) is 102 cm³/mol. The average molecular weight is 351 g/mol. The molecule has 1 aliphatic rings. The fourth-order valence-electron chi connectivity index (χ4n) is 4.02. The lowest BCUT2D eigenvalue weighted by Gasteiger charge is -2.35. The van der Waals surface area contributed by atoms with Gasteiger partial charge < -0.3 is 15.2 Å². The Morgan fingerprint density at radius 2 is 2.27 bits per heavy atom.